The molecule has 2 aromatic carbocycles. The predicted octanol–water partition coefficient (Wildman–Crippen LogP) is 4.33. The van der Waals surface area contributed by atoms with Crippen molar-refractivity contribution in [1.29, 1.82) is 0 Å². The topological polar surface area (TPSA) is 21.1 Å². The van der Waals surface area contributed by atoms with Crippen LogP contribution in [-0.2, 0) is 13.0 Å². The van der Waals surface area contributed by atoms with Gasteiger partial charge in [-0.1, -0.05) is 35.8 Å². The number of rotatable bonds is 4. The lowest BCUT2D eigenvalue weighted by Gasteiger charge is -2.16. The number of fused-ring (bicyclic) bond motifs is 1. The van der Waals surface area contributed by atoms with Crippen LogP contribution in [0.5, 0.6) is 0 Å². The fourth-order valence-corrected chi connectivity index (χ4v) is 2.32. The number of hydrogen-bond donors (Lipinski definition) is 0. The van der Waals surface area contributed by atoms with E-state index in [1.165, 1.54) is 0 Å². The molecule has 23 heavy (non-hydrogen) atoms. The summed E-state index contributed by atoms with van der Waals surface area (Å²) < 4.78 is 116. The first-order valence-corrected chi connectivity index (χ1v) is 7.19. The smallest absolute Gasteiger partial charge is 0.124 e. The van der Waals surface area contributed by atoms with Gasteiger partial charge >= 0.3 is 0 Å². The predicted molar refractivity (Wildman–Crippen MR) is 94.8 cm³/mol. The number of aromatic nitrogens is 2. The number of benzene rings is 2. The van der Waals surface area contributed by atoms with Gasteiger partial charge in [-0.2, -0.15) is 0 Å². The third-order valence-electron chi connectivity index (χ3n) is 3.28. The second kappa shape index (κ2) is 6.34. The van der Waals surface area contributed by atoms with Crippen LogP contribution in [0.3, 0.4) is 0 Å². The standard InChI is InChI=1S/C19H20ClN3/c20-16-9-7-15(8-10-16)13-23-18-6-2-1-5-17(18)21-19(23)14-22-11-3-4-12-22/h1-2,5-10H,3-4,11-14H2/i1D,2D,3D2,4D2,5D,6D,7D,8D,9D,10D,14D2. The Hall–Kier alpha value is -1.84. The van der Waals surface area contributed by atoms with Gasteiger partial charge in [-0.25, -0.2) is 4.98 Å². The maximum Gasteiger partial charge on any atom is 0.124 e. The highest BCUT2D eigenvalue weighted by Crippen LogP contribution is 2.21. The molecule has 0 N–H and O–H groups in total. The molecule has 2 heterocycles. The molecule has 4 rings (SSSR count). The van der Waals surface area contributed by atoms with Gasteiger partial charge in [0.25, 0.3) is 0 Å². The molecular formula is C19H20ClN3. The molecule has 0 amide bonds. The number of imidazole rings is 1. The summed E-state index contributed by atoms with van der Waals surface area (Å²) in [4.78, 5) is 5.03. The van der Waals surface area contributed by atoms with E-state index in [2.05, 4.69) is 4.98 Å². The van der Waals surface area contributed by atoms with Crippen molar-refractivity contribution in [2.75, 3.05) is 13.1 Å². The van der Waals surface area contributed by atoms with Crippen molar-refractivity contribution in [2.24, 2.45) is 0 Å². The van der Waals surface area contributed by atoms with E-state index in [1.54, 1.807) is 0 Å². The summed E-state index contributed by atoms with van der Waals surface area (Å²) in [6.07, 6.45) is -4.83. The van der Waals surface area contributed by atoms with E-state index in [9.17, 15) is 0 Å². The minimum Gasteiger partial charge on any atom is -0.322 e. The Balaban J connectivity index is 2.03. The van der Waals surface area contributed by atoms with Gasteiger partial charge < -0.3 is 4.57 Å². The average molecular weight is 340 g/mol. The molecule has 118 valence electrons. The summed E-state index contributed by atoms with van der Waals surface area (Å²) in [6.45, 7) is -4.61. The Morgan fingerprint density at radius 3 is 2.65 bits per heavy atom. The Morgan fingerprint density at radius 2 is 1.87 bits per heavy atom. The monoisotopic (exact) mass is 339 g/mol. The van der Waals surface area contributed by atoms with Crippen molar-refractivity contribution in [3.05, 3.63) is 64.7 Å². The minimum atomic E-state index is -2.70. The first kappa shape index (κ1) is 5.91. The number of para-hydroxylation sites is 2. The second-order valence-electron chi connectivity index (χ2n) is 4.83. The first-order chi connectivity index (χ1) is 16.8. The van der Waals surface area contributed by atoms with Crippen LogP contribution in [-0.4, -0.2) is 27.5 Å². The molecule has 0 bridgehead atoms. The molecule has 1 saturated heterocycles. The van der Waals surface area contributed by atoms with E-state index in [0.29, 0.717) is 0 Å². The first-order valence-electron chi connectivity index (χ1n) is 13.8. The molecule has 3 nitrogen and oxygen atoms in total. The zero-order valence-electron chi connectivity index (χ0n) is 25.8. The molecule has 4 heteroatoms. The Morgan fingerprint density at radius 1 is 1.13 bits per heavy atom. The quantitative estimate of drug-likeness (QED) is 0.705. The summed E-state index contributed by atoms with van der Waals surface area (Å²) >= 11 is 5.89. The summed E-state index contributed by atoms with van der Waals surface area (Å²) in [5.41, 5.74) is -0.823. The molecule has 0 saturated carbocycles. The molecule has 0 radical (unpaired) electrons. The molecule has 1 aliphatic heterocycles. The van der Waals surface area contributed by atoms with Gasteiger partial charge in [0.15, 0.2) is 0 Å². The highest BCUT2D eigenvalue weighted by atomic mass is 35.5. The van der Waals surface area contributed by atoms with Crippen molar-refractivity contribution >= 4 is 22.6 Å². The van der Waals surface area contributed by atoms with Gasteiger partial charge in [-0.15, -0.1) is 0 Å². The van der Waals surface area contributed by atoms with Gasteiger partial charge in [0.05, 0.1) is 31.2 Å². The SMILES string of the molecule is [2H]c1c([2H])c(Cn2c(C([2H])([2H])N3CC([2H])([2H])C([2H])([2H])C3)nc3c([2H])c([2H])c([2H])c([2H])c32)c([2H])c([2H])c1Cl. The molecule has 1 fully saturated rings. The van der Waals surface area contributed by atoms with Crippen molar-refractivity contribution in [2.45, 2.75) is 25.8 Å². The van der Waals surface area contributed by atoms with Gasteiger partial charge in [0.1, 0.15) is 5.82 Å². The second-order valence-corrected chi connectivity index (χ2v) is 5.21. The van der Waals surface area contributed by atoms with Crippen LogP contribution in [0.2, 0.25) is 5.02 Å². The van der Waals surface area contributed by atoms with Crippen molar-refractivity contribution in [3.63, 3.8) is 0 Å². The highest BCUT2D eigenvalue weighted by Gasteiger charge is 2.17. The Kier molecular flexibility index (Phi) is 1.63. The Labute approximate surface area is 161 Å². The molecule has 0 spiro atoms. The molecular weight excluding hydrogens is 306 g/mol. The normalized spacial score (nSPS) is 29.3. The van der Waals surface area contributed by atoms with Crippen molar-refractivity contribution in [3.8, 4) is 0 Å². The van der Waals surface area contributed by atoms with E-state index in [-0.39, 0.29) is 16.6 Å². The van der Waals surface area contributed by atoms with E-state index in [0.717, 1.165) is 9.47 Å². The van der Waals surface area contributed by atoms with Crippen LogP contribution in [0.15, 0.2) is 48.3 Å². The summed E-state index contributed by atoms with van der Waals surface area (Å²) in [5.74, 6) is -0.533. The lowest BCUT2D eigenvalue weighted by atomic mass is 10.2. The minimum absolute atomic E-state index is 0.241. The zero-order chi connectivity index (χ0) is 28.0. The van der Waals surface area contributed by atoms with Crippen LogP contribution < -0.4 is 0 Å². The molecule has 1 aliphatic rings. The molecule has 0 unspecified atom stereocenters. The molecule has 0 aliphatic carbocycles. The van der Waals surface area contributed by atoms with Gasteiger partial charge in [-0.3, -0.25) is 4.90 Å². The van der Waals surface area contributed by atoms with Gasteiger partial charge in [0.2, 0.25) is 0 Å². The summed E-state index contributed by atoms with van der Waals surface area (Å²) in [7, 11) is 0. The summed E-state index contributed by atoms with van der Waals surface area (Å²) in [5, 5.41) is -0.423. The van der Waals surface area contributed by atoms with Crippen LogP contribution in [0, 0.1) is 0 Å². The van der Waals surface area contributed by atoms with Crippen LogP contribution in [0.1, 0.15) is 43.3 Å². The Bertz CT molecular complexity index is 1410. The van der Waals surface area contributed by atoms with Crippen molar-refractivity contribution in [1.82, 2.24) is 14.5 Å². The third-order valence-corrected chi connectivity index (χ3v) is 3.47. The average Bonchev–Trinajstić information content (AvgIpc) is 3.31. The number of likely N-dealkylation sites (tertiary alicyclic amines) is 1. The molecule has 0 atom stereocenters. The summed E-state index contributed by atoms with van der Waals surface area (Å²) in [6, 6.07) is -4.59. The molecule has 3 aromatic rings. The third kappa shape index (κ3) is 3.12. The lowest BCUT2D eigenvalue weighted by Crippen LogP contribution is -2.21. The lowest BCUT2D eigenvalue weighted by molar-refractivity contribution is 0.318. The van der Waals surface area contributed by atoms with Crippen LogP contribution in [0.25, 0.3) is 11.0 Å². The number of halogens is 1. The van der Waals surface area contributed by atoms with E-state index in [1.807, 2.05) is 0 Å². The van der Waals surface area contributed by atoms with Crippen LogP contribution >= 0.6 is 11.6 Å². The maximum atomic E-state index is 8.80. The van der Waals surface area contributed by atoms with Gasteiger partial charge in [-0.05, 0) is 55.6 Å². The van der Waals surface area contributed by atoms with Crippen molar-refractivity contribution < 1.29 is 19.2 Å². The number of hydrogen-bond acceptors (Lipinski definition) is 2. The molecule has 1 aromatic heterocycles. The maximum absolute atomic E-state index is 8.80. The largest absolute Gasteiger partial charge is 0.322 e. The highest BCUT2D eigenvalue weighted by molar-refractivity contribution is 6.30. The fraction of sp³-hybridized carbons (Fsp3) is 0.316. The van der Waals surface area contributed by atoms with Crippen LogP contribution in [0.4, 0.5) is 0 Å². The fourth-order valence-electron chi connectivity index (χ4n) is 2.23. The zero-order valence-corrected chi connectivity index (χ0v) is 12.6. The number of nitrogens with zero attached hydrogens (tertiary/aromatic N) is 3. The van der Waals surface area contributed by atoms with E-state index < -0.39 is 98.1 Å². The van der Waals surface area contributed by atoms with E-state index >= 15 is 0 Å². The van der Waals surface area contributed by atoms with Gasteiger partial charge in [0, 0.05) is 17.1 Å². The van der Waals surface area contributed by atoms with E-state index in [4.69, 9.17) is 30.8 Å².